The highest BCUT2D eigenvalue weighted by Crippen LogP contribution is 2.25. The summed E-state index contributed by atoms with van der Waals surface area (Å²) >= 11 is 0. The van der Waals surface area contributed by atoms with E-state index in [4.69, 9.17) is 0 Å². The van der Waals surface area contributed by atoms with Crippen LogP contribution in [0.15, 0.2) is 29.2 Å². The lowest BCUT2D eigenvalue weighted by Crippen LogP contribution is -2.33. The maximum absolute atomic E-state index is 12.5. The lowest BCUT2D eigenvalue weighted by atomic mass is 10.1. The van der Waals surface area contributed by atoms with Gasteiger partial charge >= 0.3 is 0 Å². The molecule has 5 heteroatoms. The molecule has 4 nitrogen and oxygen atoms in total. The minimum Gasteiger partial charge on any atom is -0.317 e. The van der Waals surface area contributed by atoms with E-state index in [1.807, 2.05) is 19.1 Å². The van der Waals surface area contributed by atoms with Crippen molar-refractivity contribution >= 4 is 10.0 Å². The molecule has 1 fully saturated rings. The van der Waals surface area contributed by atoms with Crippen molar-refractivity contribution in [2.24, 2.45) is 0 Å². The summed E-state index contributed by atoms with van der Waals surface area (Å²) in [5, 5.41) is 3.27. The van der Waals surface area contributed by atoms with Gasteiger partial charge in [-0.25, -0.2) is 8.42 Å². The summed E-state index contributed by atoms with van der Waals surface area (Å²) in [6.45, 7) is 6.58. The number of sulfonamides is 1. The Balaban J connectivity index is 2.09. The molecule has 1 aromatic rings. The lowest BCUT2D eigenvalue weighted by Gasteiger charge is -2.21. The highest BCUT2D eigenvalue weighted by Gasteiger charge is 2.32. The molecule has 0 radical (unpaired) electrons. The molecule has 0 bridgehead atoms. The first kappa shape index (κ1) is 15.5. The second-order valence-corrected chi connectivity index (χ2v) is 7.25. The third-order valence-corrected chi connectivity index (χ3v) is 5.89. The van der Waals surface area contributed by atoms with E-state index in [1.54, 1.807) is 16.4 Å². The van der Waals surface area contributed by atoms with Gasteiger partial charge in [-0.1, -0.05) is 19.1 Å². The molecule has 1 aromatic carbocycles. The van der Waals surface area contributed by atoms with Crippen LogP contribution in [0.5, 0.6) is 0 Å². The summed E-state index contributed by atoms with van der Waals surface area (Å²) < 4.78 is 26.7. The first-order chi connectivity index (χ1) is 9.55. The topological polar surface area (TPSA) is 49.4 Å². The first-order valence-corrected chi connectivity index (χ1v) is 8.81. The zero-order valence-electron chi connectivity index (χ0n) is 12.3. The average molecular weight is 296 g/mol. The molecule has 1 N–H and O–H groups in total. The van der Waals surface area contributed by atoms with Crippen LogP contribution in [0.4, 0.5) is 0 Å². The van der Waals surface area contributed by atoms with Crippen molar-refractivity contribution in [3.05, 3.63) is 29.8 Å². The van der Waals surface area contributed by atoms with E-state index in [2.05, 4.69) is 12.2 Å². The SMILES string of the molecule is CCNCCc1ccc(S(=O)(=O)N2CCCC2C)cc1. The van der Waals surface area contributed by atoms with Gasteiger partial charge in [0.2, 0.25) is 10.0 Å². The smallest absolute Gasteiger partial charge is 0.243 e. The molecule has 1 unspecified atom stereocenters. The summed E-state index contributed by atoms with van der Waals surface area (Å²) in [7, 11) is -3.31. The summed E-state index contributed by atoms with van der Waals surface area (Å²) in [4.78, 5) is 0.415. The first-order valence-electron chi connectivity index (χ1n) is 7.37. The Morgan fingerprint density at radius 3 is 2.55 bits per heavy atom. The maximum Gasteiger partial charge on any atom is 0.243 e. The Bertz CT molecular complexity index is 525. The number of nitrogens with one attached hydrogen (secondary N) is 1. The zero-order valence-corrected chi connectivity index (χ0v) is 13.1. The Morgan fingerprint density at radius 2 is 2.00 bits per heavy atom. The number of hydrogen-bond acceptors (Lipinski definition) is 3. The molecule has 1 heterocycles. The molecular weight excluding hydrogens is 272 g/mol. The van der Waals surface area contributed by atoms with Crippen molar-refractivity contribution in [1.29, 1.82) is 0 Å². The van der Waals surface area contributed by atoms with Crippen molar-refractivity contribution in [2.45, 2.75) is 44.0 Å². The number of benzene rings is 1. The molecule has 0 aliphatic carbocycles. The van der Waals surface area contributed by atoms with Crippen LogP contribution in [0.25, 0.3) is 0 Å². The van der Waals surface area contributed by atoms with Gasteiger partial charge in [0.1, 0.15) is 0 Å². The summed E-state index contributed by atoms with van der Waals surface area (Å²) in [5.74, 6) is 0. The third-order valence-electron chi connectivity index (χ3n) is 3.86. The Kier molecular flexibility index (Phi) is 5.18. The number of rotatable bonds is 6. The molecule has 0 saturated carbocycles. The Morgan fingerprint density at radius 1 is 1.30 bits per heavy atom. The maximum atomic E-state index is 12.5. The summed E-state index contributed by atoms with van der Waals surface area (Å²) in [6, 6.07) is 7.44. The van der Waals surface area contributed by atoms with Gasteiger partial charge in [0.15, 0.2) is 0 Å². The van der Waals surface area contributed by atoms with Gasteiger partial charge in [-0.15, -0.1) is 0 Å². The van der Waals surface area contributed by atoms with E-state index in [0.717, 1.165) is 32.4 Å². The third kappa shape index (κ3) is 3.40. The van der Waals surface area contributed by atoms with Crippen LogP contribution in [-0.4, -0.2) is 38.4 Å². The van der Waals surface area contributed by atoms with Gasteiger partial charge in [-0.3, -0.25) is 0 Å². The number of hydrogen-bond donors (Lipinski definition) is 1. The van der Waals surface area contributed by atoms with Crippen LogP contribution < -0.4 is 5.32 Å². The lowest BCUT2D eigenvalue weighted by molar-refractivity contribution is 0.408. The van der Waals surface area contributed by atoms with Gasteiger partial charge in [0.25, 0.3) is 0 Å². The van der Waals surface area contributed by atoms with E-state index < -0.39 is 10.0 Å². The molecule has 1 aliphatic rings. The van der Waals surface area contributed by atoms with Crippen molar-refractivity contribution in [3.63, 3.8) is 0 Å². The molecule has 1 saturated heterocycles. The number of nitrogens with zero attached hydrogens (tertiary/aromatic N) is 1. The van der Waals surface area contributed by atoms with Crippen LogP contribution in [0.1, 0.15) is 32.3 Å². The summed E-state index contributed by atoms with van der Waals surface area (Å²) in [5.41, 5.74) is 1.17. The van der Waals surface area contributed by atoms with Crippen LogP contribution in [-0.2, 0) is 16.4 Å². The Hall–Kier alpha value is -0.910. The fraction of sp³-hybridized carbons (Fsp3) is 0.600. The van der Waals surface area contributed by atoms with Crippen molar-refractivity contribution in [3.8, 4) is 0 Å². The standard InChI is InChI=1S/C15H24N2O2S/c1-3-16-11-10-14-6-8-15(9-7-14)20(18,19)17-12-4-5-13(17)2/h6-9,13,16H,3-5,10-12H2,1-2H3. The highest BCUT2D eigenvalue weighted by atomic mass is 32.2. The van der Waals surface area contributed by atoms with Crippen LogP contribution in [0, 0.1) is 0 Å². The summed E-state index contributed by atoms with van der Waals surface area (Å²) in [6.07, 6.45) is 2.84. The van der Waals surface area contributed by atoms with Crippen LogP contribution >= 0.6 is 0 Å². The van der Waals surface area contributed by atoms with E-state index in [0.29, 0.717) is 11.4 Å². The minimum atomic E-state index is -3.31. The molecule has 1 atom stereocenters. The van der Waals surface area contributed by atoms with Crippen LogP contribution in [0.2, 0.25) is 0 Å². The number of likely N-dealkylation sites (N-methyl/N-ethyl adjacent to an activating group) is 1. The normalized spacial score (nSPS) is 20.4. The highest BCUT2D eigenvalue weighted by molar-refractivity contribution is 7.89. The van der Waals surface area contributed by atoms with Gasteiger partial charge < -0.3 is 5.32 Å². The predicted molar refractivity (Wildman–Crippen MR) is 81.3 cm³/mol. The quantitative estimate of drug-likeness (QED) is 0.817. The van der Waals surface area contributed by atoms with E-state index >= 15 is 0 Å². The van der Waals surface area contributed by atoms with E-state index in [1.165, 1.54) is 5.56 Å². The van der Waals surface area contributed by atoms with Gasteiger partial charge in [0, 0.05) is 12.6 Å². The molecule has 0 aromatic heterocycles. The molecule has 1 aliphatic heterocycles. The van der Waals surface area contributed by atoms with Gasteiger partial charge in [0.05, 0.1) is 4.90 Å². The predicted octanol–water partition coefficient (Wildman–Crippen LogP) is 2.01. The van der Waals surface area contributed by atoms with Gasteiger partial charge in [-0.05, 0) is 57.0 Å². The molecule has 0 amide bonds. The van der Waals surface area contributed by atoms with E-state index in [-0.39, 0.29) is 6.04 Å². The molecular formula is C15H24N2O2S. The minimum absolute atomic E-state index is 0.119. The molecule has 20 heavy (non-hydrogen) atoms. The largest absolute Gasteiger partial charge is 0.317 e. The second-order valence-electron chi connectivity index (χ2n) is 5.35. The van der Waals surface area contributed by atoms with Crippen molar-refractivity contribution in [2.75, 3.05) is 19.6 Å². The van der Waals surface area contributed by atoms with E-state index in [9.17, 15) is 8.42 Å². The Labute approximate surface area is 122 Å². The van der Waals surface area contributed by atoms with Crippen LogP contribution in [0.3, 0.4) is 0 Å². The van der Waals surface area contributed by atoms with Crippen molar-refractivity contribution < 1.29 is 8.42 Å². The second kappa shape index (κ2) is 6.70. The van der Waals surface area contributed by atoms with Crippen molar-refractivity contribution in [1.82, 2.24) is 9.62 Å². The molecule has 2 rings (SSSR count). The molecule has 0 spiro atoms. The monoisotopic (exact) mass is 296 g/mol. The average Bonchev–Trinajstić information content (AvgIpc) is 2.87. The zero-order chi connectivity index (χ0) is 14.6. The molecule has 112 valence electrons. The fourth-order valence-corrected chi connectivity index (χ4v) is 4.34. The van der Waals surface area contributed by atoms with Gasteiger partial charge in [-0.2, -0.15) is 4.31 Å². The fourth-order valence-electron chi connectivity index (χ4n) is 2.64.